The van der Waals surface area contributed by atoms with Crippen LogP contribution in [-0.4, -0.2) is 16.9 Å². The molecule has 35 heavy (non-hydrogen) atoms. The van der Waals surface area contributed by atoms with E-state index in [1.54, 1.807) is 12.1 Å². The van der Waals surface area contributed by atoms with E-state index in [9.17, 15) is 9.59 Å². The lowest BCUT2D eigenvalue weighted by atomic mass is 9.93. The third-order valence-electron chi connectivity index (χ3n) is 6.15. The summed E-state index contributed by atoms with van der Waals surface area (Å²) in [6, 6.07) is 33.8. The van der Waals surface area contributed by atoms with E-state index in [2.05, 4.69) is 30.3 Å². The van der Waals surface area contributed by atoms with Gasteiger partial charge in [-0.3, -0.25) is 9.59 Å². The monoisotopic (exact) mass is 460 g/mol. The van der Waals surface area contributed by atoms with Crippen LogP contribution in [0.15, 0.2) is 108 Å². The highest BCUT2D eigenvalue weighted by Gasteiger charge is 2.18. The summed E-state index contributed by atoms with van der Waals surface area (Å²) in [6.07, 6.45) is 0.492. The second-order valence-corrected chi connectivity index (χ2v) is 8.50. The number of furan rings is 1. The van der Waals surface area contributed by atoms with Crippen molar-refractivity contribution in [1.82, 2.24) is 0 Å². The van der Waals surface area contributed by atoms with Crippen molar-refractivity contribution in [2.45, 2.75) is 19.3 Å². The maximum atomic E-state index is 12.7. The van der Waals surface area contributed by atoms with Gasteiger partial charge >= 0.3 is 5.97 Å². The summed E-state index contributed by atoms with van der Waals surface area (Å²) in [4.78, 5) is 23.6. The Labute approximate surface area is 203 Å². The van der Waals surface area contributed by atoms with Gasteiger partial charge in [0.2, 0.25) is 0 Å². The van der Waals surface area contributed by atoms with Crippen LogP contribution in [0.1, 0.15) is 34.5 Å². The van der Waals surface area contributed by atoms with Crippen LogP contribution in [0.5, 0.6) is 0 Å². The van der Waals surface area contributed by atoms with Crippen LogP contribution in [0.4, 0.5) is 0 Å². The van der Waals surface area contributed by atoms with Crippen molar-refractivity contribution < 1.29 is 19.1 Å². The third-order valence-corrected chi connectivity index (χ3v) is 6.15. The second-order valence-electron chi connectivity index (χ2n) is 8.50. The summed E-state index contributed by atoms with van der Waals surface area (Å²) >= 11 is 0. The topological polar surface area (TPSA) is 67.5 Å². The van der Waals surface area contributed by atoms with E-state index in [0.29, 0.717) is 12.0 Å². The number of para-hydroxylation sites is 1. The molecule has 0 atom stereocenters. The van der Waals surface area contributed by atoms with Crippen LogP contribution < -0.4 is 0 Å². The highest BCUT2D eigenvalue weighted by Crippen LogP contribution is 2.37. The summed E-state index contributed by atoms with van der Waals surface area (Å²) in [5.74, 6) is -0.230. The fourth-order valence-electron chi connectivity index (χ4n) is 4.47. The van der Waals surface area contributed by atoms with Crippen molar-refractivity contribution in [2.75, 3.05) is 0 Å². The van der Waals surface area contributed by atoms with Crippen molar-refractivity contribution >= 4 is 22.7 Å². The Bertz CT molecular complexity index is 1490. The predicted octanol–water partition coefficient (Wildman–Crippen LogP) is 7.41. The molecule has 172 valence electrons. The number of aliphatic carboxylic acids is 1. The average Bonchev–Trinajstić information content (AvgIpc) is 3.25. The first-order valence-corrected chi connectivity index (χ1v) is 11.6. The molecule has 5 rings (SSSR count). The molecular weight excluding hydrogens is 436 g/mol. The number of carbonyl (C=O) groups excluding carboxylic acids is 1. The van der Waals surface area contributed by atoms with Crippen LogP contribution in [0.2, 0.25) is 0 Å². The summed E-state index contributed by atoms with van der Waals surface area (Å²) in [5, 5.41) is 10.0. The first-order chi connectivity index (χ1) is 17.1. The number of rotatable bonds is 8. The Hall–Kier alpha value is -4.44. The van der Waals surface area contributed by atoms with Crippen LogP contribution in [0, 0.1) is 0 Å². The van der Waals surface area contributed by atoms with Crippen molar-refractivity contribution in [3.05, 3.63) is 120 Å². The minimum atomic E-state index is -0.973. The van der Waals surface area contributed by atoms with Crippen LogP contribution in [-0.2, 0) is 11.2 Å². The maximum Gasteiger partial charge on any atom is 0.303 e. The number of fused-ring (bicyclic) bond motifs is 1. The highest BCUT2D eigenvalue weighted by atomic mass is 16.4. The van der Waals surface area contributed by atoms with Crippen LogP contribution in [0.25, 0.3) is 33.2 Å². The van der Waals surface area contributed by atoms with E-state index in [0.717, 1.165) is 39.0 Å². The Morgan fingerprint density at radius 3 is 2.11 bits per heavy atom. The van der Waals surface area contributed by atoms with E-state index in [-0.39, 0.29) is 18.6 Å². The molecule has 0 saturated heterocycles. The molecule has 0 aliphatic heterocycles. The lowest BCUT2D eigenvalue weighted by Crippen LogP contribution is -2.05. The molecule has 4 aromatic carbocycles. The van der Waals surface area contributed by atoms with E-state index >= 15 is 0 Å². The van der Waals surface area contributed by atoms with Gasteiger partial charge in [-0.25, -0.2) is 0 Å². The van der Waals surface area contributed by atoms with Crippen molar-refractivity contribution in [3.8, 4) is 22.3 Å². The van der Waals surface area contributed by atoms with Gasteiger partial charge in [0.15, 0.2) is 5.78 Å². The number of hydrogen-bond acceptors (Lipinski definition) is 3. The van der Waals surface area contributed by atoms with Crippen molar-refractivity contribution in [2.24, 2.45) is 0 Å². The Kier molecular flexibility index (Phi) is 6.27. The average molecular weight is 461 g/mol. The van der Waals surface area contributed by atoms with Gasteiger partial charge < -0.3 is 9.52 Å². The second kappa shape index (κ2) is 9.82. The van der Waals surface area contributed by atoms with Crippen LogP contribution >= 0.6 is 0 Å². The van der Waals surface area contributed by atoms with E-state index in [1.807, 2.05) is 60.7 Å². The molecule has 4 heteroatoms. The lowest BCUT2D eigenvalue weighted by Gasteiger charge is -2.10. The molecule has 0 saturated carbocycles. The molecule has 5 aromatic rings. The largest absolute Gasteiger partial charge is 0.481 e. The van der Waals surface area contributed by atoms with E-state index < -0.39 is 5.97 Å². The third kappa shape index (κ3) is 4.78. The normalized spacial score (nSPS) is 11.0. The van der Waals surface area contributed by atoms with Gasteiger partial charge in [0.1, 0.15) is 11.3 Å². The smallest absolute Gasteiger partial charge is 0.303 e. The van der Waals surface area contributed by atoms with E-state index in [4.69, 9.17) is 9.52 Å². The SMILES string of the molecule is O=C(O)CCC(=O)c1ccccc1-c1ccc(-c2c(Cc3ccccc3)oc3ccccc23)cc1. The summed E-state index contributed by atoms with van der Waals surface area (Å²) < 4.78 is 6.28. The fourth-order valence-corrected chi connectivity index (χ4v) is 4.47. The number of carboxylic acids is 1. The number of carboxylic acid groups (broad SMARTS) is 1. The summed E-state index contributed by atoms with van der Waals surface area (Å²) in [5.41, 5.74) is 6.40. The Morgan fingerprint density at radius 1 is 0.686 bits per heavy atom. The highest BCUT2D eigenvalue weighted by molar-refractivity contribution is 6.03. The van der Waals surface area contributed by atoms with Crippen LogP contribution in [0.3, 0.4) is 0 Å². The summed E-state index contributed by atoms with van der Waals surface area (Å²) in [7, 11) is 0. The zero-order chi connectivity index (χ0) is 24.2. The molecule has 0 aliphatic rings. The minimum Gasteiger partial charge on any atom is -0.481 e. The molecule has 0 unspecified atom stereocenters. The number of Topliss-reactive ketones (excluding diaryl/α,β-unsaturated/α-hetero) is 1. The molecule has 0 radical (unpaired) electrons. The van der Waals surface area contributed by atoms with Crippen molar-refractivity contribution in [3.63, 3.8) is 0 Å². The zero-order valence-corrected chi connectivity index (χ0v) is 19.1. The zero-order valence-electron chi connectivity index (χ0n) is 19.1. The van der Waals surface area contributed by atoms with Gasteiger partial charge in [0, 0.05) is 29.4 Å². The number of benzene rings is 4. The lowest BCUT2D eigenvalue weighted by molar-refractivity contribution is -0.136. The summed E-state index contributed by atoms with van der Waals surface area (Å²) in [6.45, 7) is 0. The van der Waals surface area contributed by atoms with Gasteiger partial charge in [0.05, 0.1) is 6.42 Å². The molecule has 0 fully saturated rings. The van der Waals surface area contributed by atoms with Crippen molar-refractivity contribution in [1.29, 1.82) is 0 Å². The molecule has 0 aliphatic carbocycles. The minimum absolute atomic E-state index is 0.0196. The molecule has 0 bridgehead atoms. The molecule has 1 heterocycles. The van der Waals surface area contributed by atoms with E-state index in [1.165, 1.54) is 5.56 Å². The number of carbonyl (C=O) groups is 2. The Morgan fingerprint density at radius 2 is 1.34 bits per heavy atom. The number of ketones is 1. The predicted molar refractivity (Wildman–Crippen MR) is 138 cm³/mol. The molecule has 0 spiro atoms. The van der Waals surface area contributed by atoms with Gasteiger partial charge in [-0.15, -0.1) is 0 Å². The fraction of sp³-hybridized carbons (Fsp3) is 0.0968. The molecular formula is C31H24O4. The van der Waals surface area contributed by atoms with Gasteiger partial charge in [-0.1, -0.05) is 97.1 Å². The van der Waals surface area contributed by atoms with Gasteiger partial charge in [-0.2, -0.15) is 0 Å². The Balaban J connectivity index is 1.52. The van der Waals surface area contributed by atoms with Gasteiger partial charge in [-0.05, 0) is 28.3 Å². The maximum absolute atomic E-state index is 12.7. The van der Waals surface area contributed by atoms with Gasteiger partial charge in [0.25, 0.3) is 0 Å². The first-order valence-electron chi connectivity index (χ1n) is 11.6. The molecule has 0 amide bonds. The molecule has 4 nitrogen and oxygen atoms in total. The first kappa shape index (κ1) is 22.4. The quantitative estimate of drug-likeness (QED) is 0.245. The molecule has 1 N–H and O–H groups in total. The molecule has 1 aromatic heterocycles. The number of hydrogen-bond donors (Lipinski definition) is 1. The standard InChI is InChI=1S/C31H24O4/c32-27(18-19-30(33)34)25-11-5-4-10-24(25)22-14-16-23(17-15-22)31-26-12-6-7-13-28(26)35-29(31)20-21-8-2-1-3-9-21/h1-17H,18-20H2,(H,33,34).